The summed E-state index contributed by atoms with van der Waals surface area (Å²) in [6, 6.07) is 16.2. The summed E-state index contributed by atoms with van der Waals surface area (Å²) in [7, 11) is 3.27. The molecule has 1 aromatic heterocycles. The van der Waals surface area contributed by atoms with Gasteiger partial charge in [-0.2, -0.15) is 0 Å². The molecule has 0 aliphatic heterocycles. The number of pyridine rings is 1. The quantitative estimate of drug-likeness (QED) is 0.660. The van der Waals surface area contributed by atoms with Gasteiger partial charge in [-0.1, -0.05) is 18.2 Å². The number of aromatic nitrogens is 1. The second kappa shape index (κ2) is 8.84. The largest absolute Gasteiger partial charge is 0.493 e. The number of ether oxygens (including phenoxy) is 2. The van der Waals surface area contributed by atoms with Crippen LogP contribution in [0.2, 0.25) is 0 Å². The van der Waals surface area contributed by atoms with E-state index in [0.717, 1.165) is 23.0 Å². The maximum Gasteiger partial charge on any atom is 0.161 e. The number of aliphatic hydroxyl groups excluding tert-OH is 1. The molecule has 1 heterocycles. The van der Waals surface area contributed by atoms with Crippen LogP contribution in [0.25, 0.3) is 10.9 Å². The molecule has 0 aliphatic rings. The number of nitrogens with zero attached hydrogens (tertiary/aromatic N) is 2. The monoisotopic (exact) mass is 366 g/mol. The van der Waals surface area contributed by atoms with Crippen LogP contribution in [0, 0.1) is 0 Å². The standard InChI is InChI=1S/C22H26N2O3/c1-16(25)13-24(15-18-7-9-21(26-2)22(12-18)27-3)14-17-6-8-20-19(11-17)5-4-10-23-20/h4-12,16,25H,13-15H2,1-3H3/t16-/m1/s1. The molecule has 3 aromatic rings. The van der Waals surface area contributed by atoms with Gasteiger partial charge in [0.15, 0.2) is 11.5 Å². The van der Waals surface area contributed by atoms with Crippen molar-refractivity contribution in [1.29, 1.82) is 0 Å². The van der Waals surface area contributed by atoms with E-state index in [1.807, 2.05) is 37.3 Å². The zero-order valence-corrected chi connectivity index (χ0v) is 16.1. The van der Waals surface area contributed by atoms with Crippen LogP contribution < -0.4 is 9.47 Å². The number of benzene rings is 2. The first-order chi connectivity index (χ1) is 13.1. The van der Waals surface area contributed by atoms with Crippen LogP contribution in [0.4, 0.5) is 0 Å². The van der Waals surface area contributed by atoms with Gasteiger partial charge in [-0.3, -0.25) is 9.88 Å². The Kier molecular flexibility index (Phi) is 6.27. The van der Waals surface area contributed by atoms with Crippen LogP contribution >= 0.6 is 0 Å². The van der Waals surface area contributed by atoms with E-state index >= 15 is 0 Å². The maximum atomic E-state index is 9.94. The fourth-order valence-electron chi connectivity index (χ4n) is 3.28. The summed E-state index contributed by atoms with van der Waals surface area (Å²) in [6.45, 7) is 3.84. The number of rotatable bonds is 8. The molecular weight excluding hydrogens is 340 g/mol. The number of hydrogen-bond acceptors (Lipinski definition) is 5. The molecule has 0 amide bonds. The highest BCUT2D eigenvalue weighted by atomic mass is 16.5. The van der Waals surface area contributed by atoms with Crippen molar-refractivity contribution < 1.29 is 14.6 Å². The lowest BCUT2D eigenvalue weighted by Crippen LogP contribution is -2.30. The van der Waals surface area contributed by atoms with Gasteiger partial charge in [-0.05, 0) is 48.4 Å². The van der Waals surface area contributed by atoms with Gasteiger partial charge in [0.25, 0.3) is 0 Å². The molecule has 142 valence electrons. The summed E-state index contributed by atoms with van der Waals surface area (Å²) in [6.07, 6.45) is 1.39. The van der Waals surface area contributed by atoms with Crippen molar-refractivity contribution in [3.05, 3.63) is 65.9 Å². The van der Waals surface area contributed by atoms with E-state index < -0.39 is 6.10 Å². The smallest absolute Gasteiger partial charge is 0.161 e. The maximum absolute atomic E-state index is 9.94. The second-order valence-electron chi connectivity index (χ2n) is 6.74. The van der Waals surface area contributed by atoms with E-state index in [0.29, 0.717) is 24.6 Å². The fourth-order valence-corrected chi connectivity index (χ4v) is 3.28. The molecule has 0 saturated carbocycles. The molecule has 0 fully saturated rings. The third-order valence-electron chi connectivity index (χ3n) is 4.45. The van der Waals surface area contributed by atoms with E-state index in [1.54, 1.807) is 20.4 Å². The molecule has 5 heteroatoms. The molecule has 0 unspecified atom stereocenters. The average molecular weight is 366 g/mol. The van der Waals surface area contributed by atoms with Crippen molar-refractivity contribution in [2.75, 3.05) is 20.8 Å². The number of fused-ring (bicyclic) bond motifs is 1. The highest BCUT2D eigenvalue weighted by Crippen LogP contribution is 2.28. The Labute approximate surface area is 160 Å². The molecule has 0 radical (unpaired) electrons. The van der Waals surface area contributed by atoms with Gasteiger partial charge in [0, 0.05) is 31.2 Å². The van der Waals surface area contributed by atoms with Gasteiger partial charge >= 0.3 is 0 Å². The van der Waals surface area contributed by atoms with Crippen molar-refractivity contribution in [3.63, 3.8) is 0 Å². The molecule has 0 bridgehead atoms. The van der Waals surface area contributed by atoms with E-state index in [4.69, 9.17) is 9.47 Å². The second-order valence-corrected chi connectivity index (χ2v) is 6.74. The average Bonchev–Trinajstić information content (AvgIpc) is 2.67. The first-order valence-corrected chi connectivity index (χ1v) is 9.04. The van der Waals surface area contributed by atoms with Gasteiger partial charge in [0.05, 0.1) is 25.8 Å². The highest BCUT2D eigenvalue weighted by molar-refractivity contribution is 5.78. The molecule has 0 aliphatic carbocycles. The minimum absolute atomic E-state index is 0.410. The van der Waals surface area contributed by atoms with Crippen molar-refractivity contribution in [1.82, 2.24) is 9.88 Å². The van der Waals surface area contributed by atoms with Crippen LogP contribution in [0.15, 0.2) is 54.7 Å². The van der Waals surface area contributed by atoms with Gasteiger partial charge in [0.1, 0.15) is 0 Å². The fraction of sp³-hybridized carbons (Fsp3) is 0.318. The van der Waals surface area contributed by atoms with Crippen LogP contribution in [0.5, 0.6) is 11.5 Å². The Morgan fingerprint density at radius 3 is 2.37 bits per heavy atom. The minimum atomic E-state index is -0.410. The van der Waals surface area contributed by atoms with Crippen molar-refractivity contribution in [2.24, 2.45) is 0 Å². The predicted molar refractivity (Wildman–Crippen MR) is 107 cm³/mol. The van der Waals surface area contributed by atoms with Crippen molar-refractivity contribution in [3.8, 4) is 11.5 Å². The van der Waals surface area contributed by atoms with E-state index in [2.05, 4.69) is 28.1 Å². The first kappa shape index (κ1) is 19.1. The Bertz CT molecular complexity index is 896. The van der Waals surface area contributed by atoms with Crippen LogP contribution in [0.3, 0.4) is 0 Å². The molecule has 27 heavy (non-hydrogen) atoms. The third kappa shape index (κ3) is 4.96. The number of aliphatic hydroxyl groups is 1. The summed E-state index contributed by atoms with van der Waals surface area (Å²) in [4.78, 5) is 6.60. The predicted octanol–water partition coefficient (Wildman–Crippen LogP) is 3.64. The van der Waals surface area contributed by atoms with E-state index in [-0.39, 0.29) is 0 Å². The van der Waals surface area contributed by atoms with E-state index in [1.165, 1.54) is 5.56 Å². The summed E-state index contributed by atoms with van der Waals surface area (Å²) in [5.41, 5.74) is 3.29. The Balaban J connectivity index is 1.80. The van der Waals surface area contributed by atoms with Gasteiger partial charge in [0.2, 0.25) is 0 Å². The van der Waals surface area contributed by atoms with Crippen molar-refractivity contribution >= 4 is 10.9 Å². The molecule has 1 N–H and O–H groups in total. The summed E-state index contributed by atoms with van der Waals surface area (Å²) in [5, 5.41) is 11.1. The summed E-state index contributed by atoms with van der Waals surface area (Å²) < 4.78 is 10.7. The Hall–Kier alpha value is -2.63. The molecule has 3 rings (SSSR count). The molecular formula is C22H26N2O3. The summed E-state index contributed by atoms with van der Waals surface area (Å²) in [5.74, 6) is 1.43. The normalized spacial score (nSPS) is 12.3. The van der Waals surface area contributed by atoms with Crippen LogP contribution in [-0.2, 0) is 13.1 Å². The van der Waals surface area contributed by atoms with Gasteiger partial charge < -0.3 is 14.6 Å². The van der Waals surface area contributed by atoms with Crippen molar-refractivity contribution in [2.45, 2.75) is 26.1 Å². The SMILES string of the molecule is COc1ccc(CN(Cc2ccc3ncccc3c2)C[C@@H](C)O)cc1OC. The lowest BCUT2D eigenvalue weighted by atomic mass is 10.1. The van der Waals surface area contributed by atoms with Gasteiger partial charge in [-0.25, -0.2) is 0 Å². The first-order valence-electron chi connectivity index (χ1n) is 9.04. The molecule has 1 atom stereocenters. The molecule has 2 aromatic carbocycles. The number of hydrogen-bond donors (Lipinski definition) is 1. The zero-order valence-electron chi connectivity index (χ0n) is 16.1. The number of methoxy groups -OCH3 is 2. The Morgan fingerprint density at radius 2 is 1.67 bits per heavy atom. The van der Waals surface area contributed by atoms with Gasteiger partial charge in [-0.15, -0.1) is 0 Å². The Morgan fingerprint density at radius 1 is 0.963 bits per heavy atom. The van der Waals surface area contributed by atoms with E-state index in [9.17, 15) is 5.11 Å². The molecule has 0 saturated heterocycles. The van der Waals surface area contributed by atoms with Crippen LogP contribution in [-0.4, -0.2) is 41.9 Å². The summed E-state index contributed by atoms with van der Waals surface area (Å²) >= 11 is 0. The molecule has 0 spiro atoms. The van der Waals surface area contributed by atoms with Crippen LogP contribution in [0.1, 0.15) is 18.1 Å². The topological polar surface area (TPSA) is 54.8 Å². The molecule has 5 nitrogen and oxygen atoms in total. The highest BCUT2D eigenvalue weighted by Gasteiger charge is 2.13. The minimum Gasteiger partial charge on any atom is -0.493 e. The third-order valence-corrected chi connectivity index (χ3v) is 4.45. The lowest BCUT2D eigenvalue weighted by molar-refractivity contribution is 0.118. The zero-order chi connectivity index (χ0) is 19.2. The lowest BCUT2D eigenvalue weighted by Gasteiger charge is -2.24.